The summed E-state index contributed by atoms with van der Waals surface area (Å²) in [7, 11) is 0. The maximum atomic E-state index is 12.6. The van der Waals surface area contributed by atoms with Gasteiger partial charge in [-0.2, -0.15) is 5.10 Å². The summed E-state index contributed by atoms with van der Waals surface area (Å²) in [4.78, 5) is 12.6. The van der Waals surface area contributed by atoms with Crippen LogP contribution in [0.1, 0.15) is 43.8 Å². The van der Waals surface area contributed by atoms with Crippen molar-refractivity contribution < 1.29 is 4.79 Å². The van der Waals surface area contributed by atoms with E-state index in [-0.39, 0.29) is 11.9 Å². The van der Waals surface area contributed by atoms with E-state index in [0.717, 1.165) is 22.0 Å². The molecule has 2 rings (SSSR count). The van der Waals surface area contributed by atoms with Crippen LogP contribution < -0.4 is 5.32 Å². The summed E-state index contributed by atoms with van der Waals surface area (Å²) in [6.07, 6.45) is 0.669. The summed E-state index contributed by atoms with van der Waals surface area (Å²) in [5.41, 5.74) is 2.52. The Morgan fingerprint density at radius 3 is 2.57 bits per heavy atom. The average molecular weight is 334 g/mol. The molecule has 1 atom stereocenters. The minimum absolute atomic E-state index is 0.0479. The molecule has 124 valence electrons. The first-order valence-electron chi connectivity index (χ1n) is 7.78. The van der Waals surface area contributed by atoms with Crippen LogP contribution in [0.2, 0.25) is 5.02 Å². The van der Waals surface area contributed by atoms with E-state index in [2.05, 4.69) is 10.4 Å². The zero-order chi connectivity index (χ0) is 17.2. The van der Waals surface area contributed by atoms with Crippen LogP contribution in [-0.4, -0.2) is 21.2 Å². The monoisotopic (exact) mass is 333 g/mol. The number of carbonyl (C=O) groups excluding carboxylic acids is 1. The summed E-state index contributed by atoms with van der Waals surface area (Å²) in [6.45, 7) is 9.75. The Kier molecular flexibility index (Phi) is 5.15. The highest BCUT2D eigenvalue weighted by molar-refractivity contribution is 6.31. The molecule has 1 amide bonds. The highest BCUT2D eigenvalue weighted by Crippen LogP contribution is 2.21. The first-order chi connectivity index (χ1) is 10.7. The molecular weight excluding hydrogens is 310 g/mol. The third-order valence-corrected chi connectivity index (χ3v) is 4.21. The third kappa shape index (κ3) is 4.35. The Bertz CT molecular complexity index is 706. The van der Waals surface area contributed by atoms with Gasteiger partial charge in [0.1, 0.15) is 6.04 Å². The second-order valence-electron chi connectivity index (χ2n) is 6.69. The zero-order valence-corrected chi connectivity index (χ0v) is 15.1. The molecule has 0 saturated carbocycles. The molecule has 1 aromatic carbocycles. The SMILES string of the molecule is Cc1cc(C)n(C(C)C(=O)NC(C)(C)Cc2ccccc2Cl)n1. The number of hydrogen-bond donors (Lipinski definition) is 1. The lowest BCUT2D eigenvalue weighted by atomic mass is 9.94. The Labute approximate surface area is 142 Å². The Hall–Kier alpha value is -1.81. The molecule has 1 N–H and O–H groups in total. The van der Waals surface area contributed by atoms with Crippen LogP contribution in [-0.2, 0) is 11.2 Å². The van der Waals surface area contributed by atoms with E-state index in [9.17, 15) is 4.79 Å². The minimum Gasteiger partial charge on any atom is -0.349 e. The lowest BCUT2D eigenvalue weighted by Gasteiger charge is -2.29. The Morgan fingerprint density at radius 2 is 2.00 bits per heavy atom. The van der Waals surface area contributed by atoms with Crippen LogP contribution in [0.25, 0.3) is 0 Å². The number of aryl methyl sites for hydroxylation is 2. The second kappa shape index (κ2) is 6.75. The Morgan fingerprint density at radius 1 is 1.35 bits per heavy atom. The van der Waals surface area contributed by atoms with E-state index < -0.39 is 5.54 Å². The third-order valence-electron chi connectivity index (χ3n) is 3.84. The maximum Gasteiger partial charge on any atom is 0.245 e. The smallest absolute Gasteiger partial charge is 0.245 e. The van der Waals surface area contributed by atoms with Gasteiger partial charge >= 0.3 is 0 Å². The Balaban J connectivity index is 2.09. The number of nitrogens with zero attached hydrogens (tertiary/aromatic N) is 2. The molecule has 0 bridgehead atoms. The van der Waals surface area contributed by atoms with E-state index in [1.165, 1.54) is 0 Å². The van der Waals surface area contributed by atoms with Crippen molar-refractivity contribution in [1.82, 2.24) is 15.1 Å². The zero-order valence-electron chi connectivity index (χ0n) is 14.4. The van der Waals surface area contributed by atoms with E-state index in [1.807, 2.05) is 65.0 Å². The number of rotatable bonds is 5. The van der Waals surface area contributed by atoms with E-state index >= 15 is 0 Å². The van der Waals surface area contributed by atoms with Gasteiger partial charge < -0.3 is 5.32 Å². The summed E-state index contributed by atoms with van der Waals surface area (Å²) in [6, 6.07) is 9.33. The van der Waals surface area contributed by atoms with Gasteiger partial charge in [0.15, 0.2) is 0 Å². The minimum atomic E-state index is -0.396. The van der Waals surface area contributed by atoms with E-state index in [0.29, 0.717) is 6.42 Å². The van der Waals surface area contributed by atoms with Gasteiger partial charge in [0.25, 0.3) is 0 Å². The van der Waals surface area contributed by atoms with Crippen LogP contribution in [0.4, 0.5) is 0 Å². The molecule has 0 aliphatic carbocycles. The van der Waals surface area contributed by atoms with Crippen molar-refractivity contribution >= 4 is 17.5 Å². The first kappa shape index (κ1) is 17.5. The number of halogens is 1. The fourth-order valence-corrected chi connectivity index (χ4v) is 2.95. The van der Waals surface area contributed by atoms with Crippen molar-refractivity contribution in [1.29, 1.82) is 0 Å². The standard InChI is InChI=1S/C18H24ClN3O/c1-12-10-13(2)22(21-12)14(3)17(23)20-18(4,5)11-15-8-6-7-9-16(15)19/h6-10,14H,11H2,1-5H3,(H,20,23). The van der Waals surface area contributed by atoms with Crippen LogP contribution in [0.3, 0.4) is 0 Å². The summed E-state index contributed by atoms with van der Waals surface area (Å²) < 4.78 is 1.76. The largest absolute Gasteiger partial charge is 0.349 e. The van der Waals surface area contributed by atoms with Crippen LogP contribution >= 0.6 is 11.6 Å². The predicted molar refractivity (Wildman–Crippen MR) is 93.8 cm³/mol. The molecular formula is C18H24ClN3O. The number of aromatic nitrogens is 2. The van der Waals surface area contributed by atoms with Crippen molar-refractivity contribution in [3.8, 4) is 0 Å². The van der Waals surface area contributed by atoms with Gasteiger partial charge in [0.2, 0.25) is 5.91 Å². The van der Waals surface area contributed by atoms with E-state index in [1.54, 1.807) is 4.68 Å². The molecule has 1 unspecified atom stereocenters. The van der Waals surface area contributed by atoms with Gasteiger partial charge in [0, 0.05) is 16.3 Å². The topological polar surface area (TPSA) is 46.9 Å². The summed E-state index contributed by atoms with van der Waals surface area (Å²) in [5, 5.41) is 8.23. The van der Waals surface area contributed by atoms with Gasteiger partial charge in [-0.3, -0.25) is 9.48 Å². The second-order valence-corrected chi connectivity index (χ2v) is 7.10. The molecule has 23 heavy (non-hydrogen) atoms. The normalized spacial score (nSPS) is 13.0. The van der Waals surface area contributed by atoms with Gasteiger partial charge in [-0.1, -0.05) is 29.8 Å². The van der Waals surface area contributed by atoms with Crippen LogP contribution in [0, 0.1) is 13.8 Å². The molecule has 2 aromatic rings. The van der Waals surface area contributed by atoms with Gasteiger partial charge in [0.05, 0.1) is 5.69 Å². The highest BCUT2D eigenvalue weighted by Gasteiger charge is 2.26. The van der Waals surface area contributed by atoms with Crippen molar-refractivity contribution in [3.63, 3.8) is 0 Å². The molecule has 0 fully saturated rings. The quantitative estimate of drug-likeness (QED) is 0.903. The fourth-order valence-electron chi connectivity index (χ4n) is 2.75. The first-order valence-corrected chi connectivity index (χ1v) is 8.15. The van der Waals surface area contributed by atoms with E-state index in [4.69, 9.17) is 11.6 Å². The number of amides is 1. The molecule has 1 heterocycles. The fraction of sp³-hybridized carbons (Fsp3) is 0.444. The van der Waals surface area contributed by atoms with Crippen molar-refractivity contribution in [2.45, 2.75) is 52.6 Å². The average Bonchev–Trinajstić information content (AvgIpc) is 2.78. The van der Waals surface area contributed by atoms with Gasteiger partial charge in [-0.25, -0.2) is 0 Å². The lowest BCUT2D eigenvalue weighted by Crippen LogP contribution is -2.47. The number of hydrogen-bond acceptors (Lipinski definition) is 2. The number of benzene rings is 1. The highest BCUT2D eigenvalue weighted by atomic mass is 35.5. The van der Waals surface area contributed by atoms with Gasteiger partial charge in [-0.15, -0.1) is 0 Å². The van der Waals surface area contributed by atoms with Crippen molar-refractivity contribution in [3.05, 3.63) is 52.3 Å². The summed E-state index contributed by atoms with van der Waals surface area (Å²) in [5.74, 6) is -0.0479. The molecule has 0 aliphatic heterocycles. The van der Waals surface area contributed by atoms with Crippen LogP contribution in [0.15, 0.2) is 30.3 Å². The molecule has 0 radical (unpaired) electrons. The van der Waals surface area contributed by atoms with Gasteiger partial charge in [-0.05, 0) is 58.7 Å². The number of nitrogens with one attached hydrogen (secondary N) is 1. The van der Waals surface area contributed by atoms with Crippen LogP contribution in [0.5, 0.6) is 0 Å². The van der Waals surface area contributed by atoms with Crippen molar-refractivity contribution in [2.24, 2.45) is 0 Å². The maximum absolute atomic E-state index is 12.6. The molecule has 0 aliphatic rings. The van der Waals surface area contributed by atoms with Crippen molar-refractivity contribution in [2.75, 3.05) is 0 Å². The molecule has 5 heteroatoms. The molecule has 4 nitrogen and oxygen atoms in total. The lowest BCUT2D eigenvalue weighted by molar-refractivity contribution is -0.125. The summed E-state index contributed by atoms with van der Waals surface area (Å²) >= 11 is 6.22. The molecule has 1 aromatic heterocycles. The molecule has 0 spiro atoms. The number of carbonyl (C=O) groups is 1. The predicted octanol–water partition coefficient (Wildman–Crippen LogP) is 3.85. The molecule has 0 saturated heterocycles.